The van der Waals surface area contributed by atoms with Crippen LogP contribution in [0.3, 0.4) is 0 Å². The van der Waals surface area contributed by atoms with E-state index in [0.29, 0.717) is 0 Å². The van der Waals surface area contributed by atoms with Crippen molar-refractivity contribution in [3.05, 3.63) is 0 Å². The summed E-state index contributed by atoms with van der Waals surface area (Å²) in [7, 11) is -4.77. The number of hydrogen-bond acceptors (Lipinski definition) is 4. The van der Waals surface area contributed by atoms with Gasteiger partial charge in [0.25, 0.3) is 0 Å². The molecule has 0 aliphatic rings. The molecule has 0 saturated carbocycles. The zero-order valence-corrected chi connectivity index (χ0v) is 3.84. The van der Waals surface area contributed by atoms with Gasteiger partial charge in [0.05, 0.1) is 0 Å². The summed E-state index contributed by atoms with van der Waals surface area (Å²) in [5, 5.41) is 7.22. The Morgan fingerprint density at radius 2 is 2.00 bits per heavy atom. The van der Waals surface area contributed by atoms with Crippen LogP contribution in [0.4, 0.5) is 4.53 Å². The Hall–Kier alpha value is 1.26. The number of hydrogen-bond donors (Lipinski definition) is 2. The molecule has 48 valence electrons. The van der Waals surface area contributed by atoms with E-state index in [4.69, 9.17) is 10.2 Å². The SMILES string of the molecule is O=P(O)(OO)OF.[CaH2]. The van der Waals surface area contributed by atoms with E-state index in [1.807, 2.05) is 0 Å². The molecule has 0 heterocycles. The molecule has 5 nitrogen and oxygen atoms in total. The van der Waals surface area contributed by atoms with E-state index >= 15 is 0 Å². The van der Waals surface area contributed by atoms with Gasteiger partial charge >= 0.3 is 45.6 Å². The minimum atomic E-state index is -4.77. The van der Waals surface area contributed by atoms with Crippen molar-refractivity contribution < 1.29 is 28.6 Å². The number of phosphoric acid groups is 1. The Bertz CT molecular complexity index is 84.4. The standard InChI is InChI=1S/Ca.FH2O5P.2H/c;1-5-7(3,4)6-2;;/h;2H,(H,3,4);;. The summed E-state index contributed by atoms with van der Waals surface area (Å²) in [6.45, 7) is 0. The Morgan fingerprint density at radius 3 is 2.00 bits per heavy atom. The molecule has 0 spiro atoms. The van der Waals surface area contributed by atoms with Crippen LogP contribution in [0, 0.1) is 0 Å². The second-order valence-electron chi connectivity index (χ2n) is 0.619. The molecule has 2 N–H and O–H groups in total. The second-order valence-corrected chi connectivity index (χ2v) is 1.86. The summed E-state index contributed by atoms with van der Waals surface area (Å²) in [6.07, 6.45) is 0. The van der Waals surface area contributed by atoms with Crippen LogP contribution in [-0.4, -0.2) is 47.9 Å². The van der Waals surface area contributed by atoms with E-state index in [-0.39, 0.29) is 37.7 Å². The molecule has 0 saturated heterocycles. The van der Waals surface area contributed by atoms with Crippen LogP contribution in [0.1, 0.15) is 0 Å². The first-order valence-electron chi connectivity index (χ1n) is 1.08. The second kappa shape index (κ2) is 5.08. The fourth-order valence-electron chi connectivity index (χ4n) is 0.0126. The Kier molecular flexibility index (Phi) is 7.61. The average Bonchev–Trinajstić information content (AvgIpc) is 1.68. The van der Waals surface area contributed by atoms with Gasteiger partial charge in [-0.3, -0.25) is 4.89 Å². The summed E-state index contributed by atoms with van der Waals surface area (Å²) in [4.78, 5) is 7.62. The van der Waals surface area contributed by atoms with Gasteiger partial charge in [0.15, 0.2) is 0 Å². The van der Waals surface area contributed by atoms with Crippen molar-refractivity contribution in [1.29, 1.82) is 0 Å². The summed E-state index contributed by atoms with van der Waals surface area (Å²) in [5.41, 5.74) is 0. The van der Waals surface area contributed by atoms with Gasteiger partial charge in [-0.15, -0.1) is 4.67 Å². The zero-order valence-electron chi connectivity index (χ0n) is 2.94. The van der Waals surface area contributed by atoms with E-state index in [1.54, 1.807) is 0 Å². The quantitative estimate of drug-likeness (QED) is 0.257. The summed E-state index contributed by atoms with van der Waals surface area (Å²) < 4.78 is 24.7. The molecule has 0 aromatic carbocycles. The normalized spacial score (nSPS) is 16.4. The predicted octanol–water partition coefficient (Wildman–Crippen LogP) is -0.439. The van der Waals surface area contributed by atoms with Crippen molar-refractivity contribution in [3.63, 3.8) is 0 Å². The third-order valence-corrected chi connectivity index (χ3v) is 0.571. The Labute approximate surface area is 73.9 Å². The van der Waals surface area contributed by atoms with Crippen molar-refractivity contribution in [1.82, 2.24) is 0 Å². The van der Waals surface area contributed by atoms with Gasteiger partial charge in [-0.05, 0) is 4.53 Å². The molecule has 0 aliphatic carbocycles. The van der Waals surface area contributed by atoms with E-state index in [1.165, 1.54) is 0 Å². The van der Waals surface area contributed by atoms with Crippen LogP contribution in [0.2, 0.25) is 0 Å². The molecular formula is H4CaFO5P. The fraction of sp³-hybridized carbons (Fsp3) is 0. The van der Waals surface area contributed by atoms with Crippen molar-refractivity contribution in [3.8, 4) is 0 Å². The fourth-order valence-corrected chi connectivity index (χ4v) is 0.0378. The number of halogens is 1. The van der Waals surface area contributed by atoms with Crippen molar-refractivity contribution in [2.45, 2.75) is 0 Å². The van der Waals surface area contributed by atoms with Crippen LogP contribution < -0.4 is 0 Å². The maximum atomic E-state index is 10.5. The Balaban J connectivity index is 0. The first kappa shape index (κ1) is 12.0. The molecule has 1 unspecified atom stereocenters. The first-order chi connectivity index (χ1) is 3.12. The van der Waals surface area contributed by atoms with E-state index in [2.05, 4.69) is 9.40 Å². The molecule has 0 fully saturated rings. The summed E-state index contributed by atoms with van der Waals surface area (Å²) >= 11 is 0. The van der Waals surface area contributed by atoms with Crippen LogP contribution in [-0.2, 0) is 14.0 Å². The Morgan fingerprint density at radius 1 is 1.62 bits per heavy atom. The van der Waals surface area contributed by atoms with Crippen molar-refractivity contribution >= 4 is 45.6 Å². The van der Waals surface area contributed by atoms with Gasteiger partial charge in [0.2, 0.25) is 0 Å². The molecule has 0 aromatic heterocycles. The molecular weight excluding hydrogens is 170 g/mol. The zero-order chi connectivity index (χ0) is 5.91. The van der Waals surface area contributed by atoms with Gasteiger partial charge in [0.1, 0.15) is 0 Å². The van der Waals surface area contributed by atoms with Gasteiger partial charge in [-0.1, -0.05) is 4.73 Å². The molecule has 0 aliphatic heterocycles. The molecule has 0 rings (SSSR count). The van der Waals surface area contributed by atoms with Gasteiger partial charge < -0.3 is 0 Å². The summed E-state index contributed by atoms with van der Waals surface area (Å²) in [6, 6.07) is 0. The average molecular weight is 174 g/mol. The van der Waals surface area contributed by atoms with Crippen LogP contribution >= 0.6 is 7.82 Å². The molecule has 0 aromatic rings. The van der Waals surface area contributed by atoms with Crippen LogP contribution in [0.5, 0.6) is 0 Å². The molecule has 1 atom stereocenters. The van der Waals surface area contributed by atoms with E-state index in [9.17, 15) is 9.09 Å². The predicted molar refractivity (Wildman–Crippen MR) is 24.3 cm³/mol. The molecule has 8 heavy (non-hydrogen) atoms. The number of rotatable bonds is 2. The molecule has 0 bridgehead atoms. The summed E-state index contributed by atoms with van der Waals surface area (Å²) in [5.74, 6) is 0. The molecule has 0 radical (unpaired) electrons. The van der Waals surface area contributed by atoms with Crippen molar-refractivity contribution in [2.75, 3.05) is 0 Å². The van der Waals surface area contributed by atoms with Crippen molar-refractivity contribution in [2.24, 2.45) is 0 Å². The molecule has 8 heteroatoms. The van der Waals surface area contributed by atoms with E-state index < -0.39 is 7.82 Å². The third-order valence-electron chi connectivity index (χ3n) is 0.190. The topological polar surface area (TPSA) is 76.0 Å². The van der Waals surface area contributed by atoms with Crippen LogP contribution in [0.15, 0.2) is 0 Å². The van der Waals surface area contributed by atoms with Gasteiger partial charge in [0, 0.05) is 0 Å². The maximum absolute atomic E-state index is 10.5. The molecule has 0 amide bonds. The third kappa shape index (κ3) is 5.40. The van der Waals surface area contributed by atoms with Gasteiger partial charge in [-0.25, -0.2) is 9.82 Å². The van der Waals surface area contributed by atoms with Gasteiger partial charge in [-0.2, -0.15) is 0 Å². The first-order valence-corrected chi connectivity index (χ1v) is 2.58. The van der Waals surface area contributed by atoms with Crippen LogP contribution in [0.25, 0.3) is 0 Å². The van der Waals surface area contributed by atoms with E-state index in [0.717, 1.165) is 0 Å². The monoisotopic (exact) mass is 174 g/mol. The minimum absolute atomic E-state index is 0.